The van der Waals surface area contributed by atoms with Gasteiger partial charge >= 0.3 is 5.97 Å². The number of amides is 2. The second-order valence-corrected chi connectivity index (χ2v) is 9.47. The molecule has 208 valence electrons. The van der Waals surface area contributed by atoms with E-state index in [4.69, 9.17) is 23.8 Å². The van der Waals surface area contributed by atoms with Gasteiger partial charge in [-0.2, -0.15) is 0 Å². The Balaban J connectivity index is 1.39. The maximum atomic E-state index is 12.3. The smallest absolute Gasteiger partial charge is 0.335 e. The van der Waals surface area contributed by atoms with Gasteiger partial charge in [-0.15, -0.1) is 5.06 Å². The summed E-state index contributed by atoms with van der Waals surface area (Å²) in [5, 5.41) is 10.7. The minimum Gasteiger partial charge on any atom is -0.511 e. The molecule has 1 aliphatic heterocycles. The standard InChI is InChI=1S/C25H38N2O10/c1-18(24-19(28)16-25(2,3)17-20(24)29)26-7-9-34-11-13-36-15-14-35-12-10-33-8-6-23(32)37-27-21(30)4-5-22(27)31/h28H,4-17H2,1-3H3. The number of hydroxylamine groups is 2. The lowest BCUT2D eigenvalue weighted by Gasteiger charge is -2.29. The van der Waals surface area contributed by atoms with Gasteiger partial charge in [-0.05, 0) is 12.3 Å². The Hall–Kier alpha value is -2.67. The Labute approximate surface area is 216 Å². The summed E-state index contributed by atoms with van der Waals surface area (Å²) in [6.07, 6.45) is 0.893. The van der Waals surface area contributed by atoms with Crippen molar-refractivity contribution in [2.75, 3.05) is 59.4 Å². The van der Waals surface area contributed by atoms with Crippen LogP contribution < -0.4 is 0 Å². The molecule has 1 aliphatic carbocycles. The van der Waals surface area contributed by atoms with Gasteiger partial charge in [-0.1, -0.05) is 13.8 Å². The number of nitrogens with zero attached hydrogens (tertiary/aromatic N) is 2. The third-order valence-corrected chi connectivity index (χ3v) is 5.56. The van der Waals surface area contributed by atoms with Gasteiger partial charge in [0.05, 0.1) is 71.4 Å². The third kappa shape index (κ3) is 11.1. The maximum absolute atomic E-state index is 12.3. The van der Waals surface area contributed by atoms with E-state index in [1.54, 1.807) is 6.92 Å². The number of aliphatic imine (C=N–C) groups is 1. The zero-order valence-electron chi connectivity index (χ0n) is 21.9. The Morgan fingerprint density at radius 2 is 1.38 bits per heavy atom. The average Bonchev–Trinajstić information content (AvgIpc) is 3.12. The monoisotopic (exact) mass is 526 g/mol. The molecule has 12 nitrogen and oxygen atoms in total. The number of ketones is 1. The van der Waals surface area contributed by atoms with E-state index in [2.05, 4.69) is 4.99 Å². The first-order valence-electron chi connectivity index (χ1n) is 12.4. The van der Waals surface area contributed by atoms with Crippen LogP contribution in [0.1, 0.15) is 52.9 Å². The van der Waals surface area contributed by atoms with Crippen molar-refractivity contribution in [1.82, 2.24) is 5.06 Å². The van der Waals surface area contributed by atoms with Crippen LogP contribution in [0, 0.1) is 5.41 Å². The number of ether oxygens (including phenoxy) is 4. The molecule has 2 amide bonds. The molecule has 0 bridgehead atoms. The van der Waals surface area contributed by atoms with Crippen LogP contribution in [0.2, 0.25) is 0 Å². The first-order valence-corrected chi connectivity index (χ1v) is 12.4. The lowest BCUT2D eigenvalue weighted by Crippen LogP contribution is -2.32. The summed E-state index contributed by atoms with van der Waals surface area (Å²) >= 11 is 0. The van der Waals surface area contributed by atoms with Crippen molar-refractivity contribution in [2.24, 2.45) is 10.4 Å². The molecule has 1 saturated heterocycles. The fourth-order valence-corrected chi connectivity index (χ4v) is 3.78. The molecule has 0 atom stereocenters. The van der Waals surface area contributed by atoms with Gasteiger partial charge in [-0.3, -0.25) is 19.4 Å². The number of carbonyl (C=O) groups is 4. The molecular weight excluding hydrogens is 488 g/mol. The molecule has 1 heterocycles. The summed E-state index contributed by atoms with van der Waals surface area (Å²) in [6.45, 7) is 8.63. The highest BCUT2D eigenvalue weighted by molar-refractivity contribution is 6.22. The Morgan fingerprint density at radius 3 is 1.92 bits per heavy atom. The molecule has 1 N–H and O–H groups in total. The van der Waals surface area contributed by atoms with E-state index >= 15 is 0 Å². The van der Waals surface area contributed by atoms with E-state index in [0.29, 0.717) is 75.4 Å². The second-order valence-electron chi connectivity index (χ2n) is 9.47. The largest absolute Gasteiger partial charge is 0.511 e. The first kappa shape index (κ1) is 30.6. The van der Waals surface area contributed by atoms with E-state index in [9.17, 15) is 24.3 Å². The van der Waals surface area contributed by atoms with Gasteiger partial charge in [0.2, 0.25) is 0 Å². The summed E-state index contributed by atoms with van der Waals surface area (Å²) in [6, 6.07) is 0. The van der Waals surface area contributed by atoms with E-state index in [0.717, 1.165) is 0 Å². The van der Waals surface area contributed by atoms with Gasteiger partial charge in [0, 0.05) is 31.4 Å². The molecule has 0 aromatic carbocycles. The number of hydrogen-bond acceptors (Lipinski definition) is 11. The van der Waals surface area contributed by atoms with Crippen LogP contribution in [-0.2, 0) is 43.0 Å². The minimum atomic E-state index is -0.706. The van der Waals surface area contributed by atoms with Crippen LogP contribution in [0.25, 0.3) is 0 Å². The SMILES string of the molecule is CC(=NCCOCCOCCOCCOCCC(=O)ON1C(=O)CCC1=O)C1=C(O)CC(C)(C)CC1=O. The molecule has 12 heteroatoms. The number of carbonyl (C=O) groups excluding carboxylic acids is 4. The predicted octanol–water partition coefficient (Wildman–Crippen LogP) is 1.71. The summed E-state index contributed by atoms with van der Waals surface area (Å²) in [7, 11) is 0. The fourth-order valence-electron chi connectivity index (χ4n) is 3.78. The molecule has 1 fully saturated rings. The van der Waals surface area contributed by atoms with Crippen LogP contribution in [0.15, 0.2) is 16.3 Å². The fraction of sp³-hybridized carbons (Fsp3) is 0.720. The number of Topliss-reactive ketones (excluding diaryl/α,β-unsaturated/α-hetero) is 1. The van der Waals surface area contributed by atoms with E-state index in [-0.39, 0.29) is 49.4 Å². The van der Waals surface area contributed by atoms with Crippen molar-refractivity contribution in [1.29, 1.82) is 0 Å². The molecule has 0 unspecified atom stereocenters. The van der Waals surface area contributed by atoms with Crippen molar-refractivity contribution in [3.63, 3.8) is 0 Å². The highest BCUT2D eigenvalue weighted by Crippen LogP contribution is 2.36. The second kappa shape index (κ2) is 15.6. The summed E-state index contributed by atoms with van der Waals surface area (Å²) < 4.78 is 21.5. The van der Waals surface area contributed by atoms with Crippen molar-refractivity contribution >= 4 is 29.3 Å². The normalized spacial score (nSPS) is 18.2. The Bertz CT molecular complexity index is 865. The lowest BCUT2D eigenvalue weighted by molar-refractivity contribution is -0.198. The molecule has 2 aliphatic rings. The highest BCUT2D eigenvalue weighted by Gasteiger charge is 2.34. The predicted molar refractivity (Wildman–Crippen MR) is 131 cm³/mol. The minimum absolute atomic E-state index is 0.0555. The van der Waals surface area contributed by atoms with E-state index in [1.807, 2.05) is 13.8 Å². The van der Waals surface area contributed by atoms with Crippen LogP contribution in [0.5, 0.6) is 0 Å². The van der Waals surface area contributed by atoms with Crippen LogP contribution in [0.4, 0.5) is 0 Å². The van der Waals surface area contributed by atoms with Crippen LogP contribution >= 0.6 is 0 Å². The summed E-state index contributed by atoms with van der Waals surface area (Å²) in [4.78, 5) is 55.7. The van der Waals surface area contributed by atoms with E-state index < -0.39 is 17.8 Å². The van der Waals surface area contributed by atoms with E-state index in [1.165, 1.54) is 0 Å². The zero-order valence-corrected chi connectivity index (χ0v) is 21.9. The summed E-state index contributed by atoms with van der Waals surface area (Å²) in [5.74, 6) is -1.70. The first-order chi connectivity index (χ1) is 17.6. The Kier molecular flexibility index (Phi) is 12.8. The maximum Gasteiger partial charge on any atom is 0.335 e. The van der Waals surface area contributed by atoms with Crippen molar-refractivity contribution in [3.05, 3.63) is 11.3 Å². The van der Waals surface area contributed by atoms with Gasteiger partial charge in [0.15, 0.2) is 5.78 Å². The number of aliphatic hydroxyl groups is 1. The topological polar surface area (TPSA) is 150 Å². The average molecular weight is 527 g/mol. The lowest BCUT2D eigenvalue weighted by atomic mass is 9.76. The summed E-state index contributed by atoms with van der Waals surface area (Å²) in [5.41, 5.74) is 0.642. The molecule has 2 rings (SSSR count). The molecule has 0 radical (unpaired) electrons. The molecule has 0 aromatic heterocycles. The molecule has 0 aromatic rings. The van der Waals surface area contributed by atoms with Crippen molar-refractivity contribution in [3.8, 4) is 0 Å². The Morgan fingerprint density at radius 1 is 0.865 bits per heavy atom. The molecular formula is C25H38N2O10. The third-order valence-electron chi connectivity index (χ3n) is 5.56. The van der Waals surface area contributed by atoms with Crippen molar-refractivity contribution < 1.29 is 48.1 Å². The molecule has 37 heavy (non-hydrogen) atoms. The number of aliphatic hydroxyl groups excluding tert-OH is 1. The zero-order chi connectivity index (χ0) is 27.3. The number of allylic oxidation sites excluding steroid dienone is 2. The van der Waals surface area contributed by atoms with Gasteiger partial charge in [-0.25, -0.2) is 4.79 Å². The number of rotatable bonds is 17. The van der Waals surface area contributed by atoms with Gasteiger partial charge in [0.25, 0.3) is 11.8 Å². The van der Waals surface area contributed by atoms with Gasteiger partial charge < -0.3 is 28.9 Å². The van der Waals surface area contributed by atoms with Crippen LogP contribution in [-0.4, -0.2) is 98.8 Å². The molecule has 0 saturated carbocycles. The van der Waals surface area contributed by atoms with Crippen molar-refractivity contribution in [2.45, 2.75) is 52.9 Å². The van der Waals surface area contributed by atoms with Gasteiger partial charge in [0.1, 0.15) is 5.76 Å². The number of hydrogen-bond donors (Lipinski definition) is 1. The quantitative estimate of drug-likeness (QED) is 0.169. The number of imide groups is 1. The van der Waals surface area contributed by atoms with Crippen LogP contribution in [0.3, 0.4) is 0 Å². The molecule has 0 spiro atoms. The highest BCUT2D eigenvalue weighted by atomic mass is 16.7.